The van der Waals surface area contributed by atoms with Crippen molar-refractivity contribution in [3.05, 3.63) is 35.9 Å². The molecule has 1 aliphatic heterocycles. The molecule has 0 unspecified atom stereocenters. The summed E-state index contributed by atoms with van der Waals surface area (Å²) < 4.78 is 1.49. The Bertz CT molecular complexity index is 534. The van der Waals surface area contributed by atoms with Gasteiger partial charge in [0, 0.05) is 13.1 Å². The summed E-state index contributed by atoms with van der Waals surface area (Å²) in [7, 11) is 0. The second-order valence-electron chi connectivity index (χ2n) is 4.32. The van der Waals surface area contributed by atoms with Crippen molar-refractivity contribution >= 4 is 11.4 Å². The molecule has 0 spiro atoms. The van der Waals surface area contributed by atoms with Crippen molar-refractivity contribution < 1.29 is 10.2 Å². The van der Waals surface area contributed by atoms with E-state index in [9.17, 15) is 10.2 Å². The molecule has 94 valence electrons. The largest absolute Gasteiger partial charge is 0.493 e. The Morgan fingerprint density at radius 2 is 1.50 bits per heavy atom. The fraction of sp³-hybridized carbons (Fsp3) is 0.231. The summed E-state index contributed by atoms with van der Waals surface area (Å²) in [5.41, 5.74) is 2.18. The van der Waals surface area contributed by atoms with Crippen LogP contribution in [0.5, 0.6) is 11.8 Å². The van der Waals surface area contributed by atoms with Crippen LogP contribution in [0.25, 0.3) is 0 Å². The standard InChI is InChI=1S/C13H15N3O2/c17-12-10-11(15-7-6-14-10)13(18)16(12)8-9-4-2-1-3-5-9/h1-5,14-15,17-18H,6-8H2. The van der Waals surface area contributed by atoms with Crippen LogP contribution < -0.4 is 10.6 Å². The monoisotopic (exact) mass is 245 g/mol. The molecule has 4 N–H and O–H groups in total. The van der Waals surface area contributed by atoms with Crippen LogP contribution in [0.2, 0.25) is 0 Å². The predicted molar refractivity (Wildman–Crippen MR) is 70.3 cm³/mol. The van der Waals surface area contributed by atoms with E-state index in [4.69, 9.17) is 0 Å². The summed E-state index contributed by atoms with van der Waals surface area (Å²) in [4.78, 5) is 0. The highest BCUT2D eigenvalue weighted by Gasteiger charge is 2.24. The maximum atomic E-state index is 10.1. The van der Waals surface area contributed by atoms with Crippen LogP contribution in [-0.2, 0) is 6.54 Å². The Labute approximate surface area is 105 Å². The van der Waals surface area contributed by atoms with Crippen LogP contribution in [0.4, 0.5) is 11.4 Å². The summed E-state index contributed by atoms with van der Waals surface area (Å²) in [5.74, 6) is 0.136. The zero-order valence-electron chi connectivity index (χ0n) is 9.85. The normalized spacial score (nSPS) is 13.6. The van der Waals surface area contributed by atoms with Crippen LogP contribution in [0.3, 0.4) is 0 Å². The second-order valence-corrected chi connectivity index (χ2v) is 4.32. The molecule has 1 aromatic heterocycles. The van der Waals surface area contributed by atoms with E-state index in [0.29, 0.717) is 17.9 Å². The average molecular weight is 245 g/mol. The van der Waals surface area contributed by atoms with Gasteiger partial charge < -0.3 is 20.8 Å². The number of hydrogen-bond donors (Lipinski definition) is 4. The first-order valence-electron chi connectivity index (χ1n) is 5.93. The van der Waals surface area contributed by atoms with Gasteiger partial charge in [-0.3, -0.25) is 4.57 Å². The summed E-state index contributed by atoms with van der Waals surface area (Å²) >= 11 is 0. The van der Waals surface area contributed by atoms with Crippen molar-refractivity contribution in [1.82, 2.24) is 4.57 Å². The van der Waals surface area contributed by atoms with E-state index in [1.807, 2.05) is 30.3 Å². The minimum Gasteiger partial charge on any atom is -0.493 e. The molecule has 5 heteroatoms. The molecule has 3 rings (SSSR count). The molecule has 0 saturated heterocycles. The third kappa shape index (κ3) is 1.64. The van der Waals surface area contributed by atoms with Gasteiger partial charge in [0.25, 0.3) is 0 Å². The van der Waals surface area contributed by atoms with E-state index in [0.717, 1.165) is 18.7 Å². The van der Waals surface area contributed by atoms with Gasteiger partial charge in [-0.05, 0) is 5.56 Å². The zero-order valence-corrected chi connectivity index (χ0v) is 9.85. The zero-order chi connectivity index (χ0) is 12.5. The number of fused-ring (bicyclic) bond motifs is 1. The first-order valence-corrected chi connectivity index (χ1v) is 5.93. The lowest BCUT2D eigenvalue weighted by molar-refractivity contribution is 0.379. The smallest absolute Gasteiger partial charge is 0.220 e. The Morgan fingerprint density at radius 3 is 2.06 bits per heavy atom. The van der Waals surface area contributed by atoms with Gasteiger partial charge in [-0.15, -0.1) is 0 Å². The molecular weight excluding hydrogens is 230 g/mol. The van der Waals surface area contributed by atoms with Crippen molar-refractivity contribution in [1.29, 1.82) is 0 Å². The molecular formula is C13H15N3O2. The lowest BCUT2D eigenvalue weighted by Gasteiger charge is -2.15. The molecule has 18 heavy (non-hydrogen) atoms. The fourth-order valence-corrected chi connectivity index (χ4v) is 2.22. The van der Waals surface area contributed by atoms with Crippen LogP contribution in [0.1, 0.15) is 5.56 Å². The van der Waals surface area contributed by atoms with Gasteiger partial charge >= 0.3 is 0 Å². The molecule has 0 saturated carbocycles. The maximum Gasteiger partial charge on any atom is 0.220 e. The third-order valence-electron chi connectivity index (χ3n) is 3.12. The predicted octanol–water partition coefficient (Wildman–Crippen LogP) is 1.78. The molecule has 1 aromatic carbocycles. The van der Waals surface area contributed by atoms with Crippen LogP contribution >= 0.6 is 0 Å². The van der Waals surface area contributed by atoms with E-state index in [2.05, 4.69) is 10.6 Å². The quantitative estimate of drug-likeness (QED) is 0.651. The number of hydrogen-bond acceptors (Lipinski definition) is 4. The SMILES string of the molecule is Oc1c2c(c(O)n1Cc1ccccc1)NCCN2. The number of aromatic hydroxyl groups is 2. The highest BCUT2D eigenvalue weighted by atomic mass is 16.3. The lowest BCUT2D eigenvalue weighted by atomic mass is 10.2. The van der Waals surface area contributed by atoms with E-state index < -0.39 is 0 Å². The number of nitrogens with one attached hydrogen (secondary N) is 2. The fourth-order valence-electron chi connectivity index (χ4n) is 2.22. The molecule has 0 aliphatic carbocycles. The van der Waals surface area contributed by atoms with Gasteiger partial charge in [0.1, 0.15) is 11.4 Å². The summed E-state index contributed by atoms with van der Waals surface area (Å²) in [6.45, 7) is 1.90. The molecule has 0 atom stereocenters. The van der Waals surface area contributed by atoms with Crippen LogP contribution in [0, 0.1) is 0 Å². The van der Waals surface area contributed by atoms with Crippen LogP contribution in [0.15, 0.2) is 30.3 Å². The second kappa shape index (κ2) is 4.18. The van der Waals surface area contributed by atoms with Crippen molar-refractivity contribution in [3.63, 3.8) is 0 Å². The molecule has 0 bridgehead atoms. The molecule has 2 heterocycles. The third-order valence-corrected chi connectivity index (χ3v) is 3.12. The van der Waals surface area contributed by atoms with Crippen LogP contribution in [-0.4, -0.2) is 27.9 Å². The van der Waals surface area contributed by atoms with E-state index >= 15 is 0 Å². The van der Waals surface area contributed by atoms with Crippen molar-refractivity contribution in [2.45, 2.75) is 6.54 Å². The molecule has 0 amide bonds. The van der Waals surface area contributed by atoms with Crippen molar-refractivity contribution in [3.8, 4) is 11.8 Å². The first kappa shape index (κ1) is 10.8. The van der Waals surface area contributed by atoms with E-state index in [-0.39, 0.29) is 11.8 Å². The van der Waals surface area contributed by atoms with Gasteiger partial charge in [0.15, 0.2) is 0 Å². The number of rotatable bonds is 2. The number of nitrogens with zero attached hydrogens (tertiary/aromatic N) is 1. The van der Waals surface area contributed by atoms with Crippen molar-refractivity contribution in [2.75, 3.05) is 23.7 Å². The van der Waals surface area contributed by atoms with E-state index in [1.54, 1.807) is 0 Å². The number of aromatic nitrogens is 1. The Hall–Kier alpha value is -2.30. The summed E-state index contributed by atoms with van der Waals surface area (Å²) in [6.07, 6.45) is 0. The maximum absolute atomic E-state index is 10.1. The minimum atomic E-state index is 0.0681. The lowest BCUT2D eigenvalue weighted by Crippen LogP contribution is -2.19. The average Bonchev–Trinajstić information content (AvgIpc) is 2.66. The summed E-state index contributed by atoms with van der Waals surface area (Å²) in [5, 5.41) is 26.4. The number of anilines is 2. The van der Waals surface area contributed by atoms with Crippen molar-refractivity contribution in [2.24, 2.45) is 0 Å². The highest BCUT2D eigenvalue weighted by Crippen LogP contribution is 2.44. The minimum absolute atomic E-state index is 0.0681. The van der Waals surface area contributed by atoms with Gasteiger partial charge in [-0.2, -0.15) is 0 Å². The molecule has 0 fully saturated rings. The highest BCUT2D eigenvalue weighted by molar-refractivity contribution is 5.81. The Kier molecular flexibility index (Phi) is 2.51. The van der Waals surface area contributed by atoms with Gasteiger partial charge in [0.2, 0.25) is 11.8 Å². The van der Waals surface area contributed by atoms with Gasteiger partial charge in [0.05, 0.1) is 6.54 Å². The molecule has 2 aromatic rings. The Balaban J connectivity index is 2.00. The first-order chi connectivity index (χ1) is 8.77. The molecule has 5 nitrogen and oxygen atoms in total. The Morgan fingerprint density at radius 1 is 0.944 bits per heavy atom. The summed E-state index contributed by atoms with van der Waals surface area (Å²) in [6, 6.07) is 9.72. The molecule has 0 radical (unpaired) electrons. The number of benzene rings is 1. The van der Waals surface area contributed by atoms with Gasteiger partial charge in [-0.25, -0.2) is 0 Å². The molecule has 1 aliphatic rings. The topological polar surface area (TPSA) is 69.5 Å². The van der Waals surface area contributed by atoms with E-state index in [1.165, 1.54) is 4.57 Å². The van der Waals surface area contributed by atoms with Gasteiger partial charge in [-0.1, -0.05) is 30.3 Å².